The first kappa shape index (κ1) is 24.4. The molecule has 0 aliphatic heterocycles. The SMILES string of the molecule is CC.CCCC(=O)CCCC(=O)NCC(C)(C)CC(C)(C)CC. The molecule has 23 heavy (non-hydrogen) atoms. The minimum absolute atomic E-state index is 0.0710. The standard InChI is InChI=1S/C18H35NO2.C2H6/c1-7-10-15(20)11-9-12-16(21)19-14-18(5,6)13-17(3,4)8-2;1-2/h7-14H2,1-6H3,(H,19,21);1-2H3. The summed E-state index contributed by atoms with van der Waals surface area (Å²) in [6.07, 6.45) is 5.44. The third-order valence-electron chi connectivity index (χ3n) is 4.07. The molecule has 0 aliphatic carbocycles. The number of amides is 1. The fourth-order valence-corrected chi connectivity index (χ4v) is 2.76. The highest BCUT2D eigenvalue weighted by Gasteiger charge is 2.27. The Morgan fingerprint density at radius 3 is 1.91 bits per heavy atom. The molecular weight excluding hydrogens is 286 g/mol. The van der Waals surface area contributed by atoms with Gasteiger partial charge in [-0.3, -0.25) is 9.59 Å². The van der Waals surface area contributed by atoms with Crippen LogP contribution in [-0.2, 0) is 9.59 Å². The average Bonchev–Trinajstić information content (AvgIpc) is 2.47. The van der Waals surface area contributed by atoms with Gasteiger partial charge in [0.25, 0.3) is 0 Å². The van der Waals surface area contributed by atoms with Crippen LogP contribution in [0, 0.1) is 10.8 Å². The van der Waals surface area contributed by atoms with Crippen LogP contribution in [0.4, 0.5) is 0 Å². The number of carbonyl (C=O) groups is 2. The second-order valence-electron chi connectivity index (χ2n) is 7.78. The largest absolute Gasteiger partial charge is 0.356 e. The Hall–Kier alpha value is -0.860. The van der Waals surface area contributed by atoms with Gasteiger partial charge < -0.3 is 5.32 Å². The van der Waals surface area contributed by atoms with Crippen molar-refractivity contribution < 1.29 is 9.59 Å². The number of Topliss-reactive ketones (excluding diaryl/α,β-unsaturated/α-hetero) is 1. The molecule has 0 saturated heterocycles. The Kier molecular flexibility index (Phi) is 13.3. The van der Waals surface area contributed by atoms with Crippen molar-refractivity contribution >= 4 is 11.7 Å². The summed E-state index contributed by atoms with van der Waals surface area (Å²) in [6.45, 7) is 17.9. The average molecular weight is 328 g/mol. The van der Waals surface area contributed by atoms with Crippen molar-refractivity contribution in [1.29, 1.82) is 0 Å². The van der Waals surface area contributed by atoms with Crippen LogP contribution >= 0.6 is 0 Å². The second-order valence-corrected chi connectivity index (χ2v) is 7.78. The molecule has 0 saturated carbocycles. The molecule has 1 amide bonds. The molecule has 0 heterocycles. The number of carbonyl (C=O) groups excluding carboxylic acids is 2. The van der Waals surface area contributed by atoms with E-state index < -0.39 is 0 Å². The maximum absolute atomic E-state index is 11.8. The quantitative estimate of drug-likeness (QED) is 0.543. The molecule has 0 spiro atoms. The predicted molar refractivity (Wildman–Crippen MR) is 101 cm³/mol. The molecule has 0 atom stereocenters. The third kappa shape index (κ3) is 14.5. The first-order chi connectivity index (χ1) is 10.6. The highest BCUT2D eigenvalue weighted by atomic mass is 16.1. The first-order valence-corrected chi connectivity index (χ1v) is 9.40. The van der Waals surface area contributed by atoms with Crippen molar-refractivity contribution in [3.63, 3.8) is 0 Å². The van der Waals surface area contributed by atoms with E-state index in [9.17, 15) is 9.59 Å². The second kappa shape index (κ2) is 12.5. The fourth-order valence-electron chi connectivity index (χ4n) is 2.76. The van der Waals surface area contributed by atoms with Gasteiger partial charge in [-0.25, -0.2) is 0 Å². The number of rotatable bonds is 11. The summed E-state index contributed by atoms with van der Waals surface area (Å²) in [7, 11) is 0. The molecule has 3 heteroatoms. The summed E-state index contributed by atoms with van der Waals surface area (Å²) in [5, 5.41) is 3.03. The molecule has 0 rings (SSSR count). The van der Waals surface area contributed by atoms with Gasteiger partial charge in [-0.15, -0.1) is 0 Å². The van der Waals surface area contributed by atoms with E-state index in [4.69, 9.17) is 0 Å². The van der Waals surface area contributed by atoms with E-state index in [2.05, 4.69) is 39.9 Å². The molecule has 0 fully saturated rings. The number of hydrogen-bond acceptors (Lipinski definition) is 2. The minimum Gasteiger partial charge on any atom is -0.356 e. The maximum Gasteiger partial charge on any atom is 0.220 e. The number of ketones is 1. The summed E-state index contributed by atoms with van der Waals surface area (Å²) >= 11 is 0. The Morgan fingerprint density at radius 1 is 0.870 bits per heavy atom. The van der Waals surface area contributed by atoms with Gasteiger partial charge in [0.2, 0.25) is 5.91 Å². The Labute approximate surface area is 145 Å². The molecule has 0 unspecified atom stereocenters. The molecule has 0 radical (unpaired) electrons. The lowest BCUT2D eigenvalue weighted by Crippen LogP contribution is -2.36. The fraction of sp³-hybridized carbons (Fsp3) is 0.900. The summed E-state index contributed by atoms with van der Waals surface area (Å²) in [5.74, 6) is 0.344. The lowest BCUT2D eigenvalue weighted by Gasteiger charge is -2.34. The van der Waals surface area contributed by atoms with Crippen LogP contribution in [0.5, 0.6) is 0 Å². The Bertz CT molecular complexity index is 333. The molecule has 0 aromatic heterocycles. The smallest absolute Gasteiger partial charge is 0.220 e. The van der Waals surface area contributed by atoms with E-state index in [-0.39, 0.29) is 17.1 Å². The Morgan fingerprint density at radius 2 is 1.43 bits per heavy atom. The molecule has 1 N–H and O–H groups in total. The molecule has 3 nitrogen and oxygen atoms in total. The van der Waals surface area contributed by atoms with E-state index in [0.717, 1.165) is 19.3 Å². The predicted octanol–water partition coefficient (Wildman–Crippen LogP) is 5.52. The van der Waals surface area contributed by atoms with Gasteiger partial charge in [-0.1, -0.05) is 61.8 Å². The van der Waals surface area contributed by atoms with Crippen LogP contribution in [-0.4, -0.2) is 18.2 Å². The summed E-state index contributed by atoms with van der Waals surface area (Å²) in [5.41, 5.74) is 0.411. The van der Waals surface area contributed by atoms with Crippen LogP contribution in [0.25, 0.3) is 0 Å². The lowest BCUT2D eigenvalue weighted by atomic mass is 9.73. The van der Waals surface area contributed by atoms with Gasteiger partial charge >= 0.3 is 0 Å². The Balaban J connectivity index is 0. The van der Waals surface area contributed by atoms with Gasteiger partial charge in [0.05, 0.1) is 0 Å². The van der Waals surface area contributed by atoms with Crippen molar-refractivity contribution in [3.05, 3.63) is 0 Å². The topological polar surface area (TPSA) is 46.2 Å². The zero-order valence-corrected chi connectivity index (χ0v) is 17.0. The summed E-state index contributed by atoms with van der Waals surface area (Å²) < 4.78 is 0. The van der Waals surface area contributed by atoms with Gasteiger partial charge in [0, 0.05) is 25.8 Å². The number of nitrogens with one attached hydrogen (secondary N) is 1. The van der Waals surface area contributed by atoms with Crippen LogP contribution in [0.3, 0.4) is 0 Å². The minimum atomic E-state index is 0.0710. The number of hydrogen-bond donors (Lipinski definition) is 1. The van der Waals surface area contributed by atoms with Crippen molar-refractivity contribution in [2.75, 3.05) is 6.54 Å². The monoisotopic (exact) mass is 327 g/mol. The molecule has 0 aromatic rings. The zero-order valence-electron chi connectivity index (χ0n) is 17.0. The normalized spacial score (nSPS) is 11.5. The van der Waals surface area contributed by atoms with E-state index >= 15 is 0 Å². The van der Waals surface area contributed by atoms with E-state index in [1.54, 1.807) is 0 Å². The van der Waals surface area contributed by atoms with Crippen molar-refractivity contribution in [3.8, 4) is 0 Å². The maximum atomic E-state index is 11.8. The summed E-state index contributed by atoms with van der Waals surface area (Å²) in [4.78, 5) is 23.2. The van der Waals surface area contributed by atoms with Crippen LogP contribution < -0.4 is 5.32 Å². The zero-order chi connectivity index (χ0) is 18.5. The molecule has 138 valence electrons. The van der Waals surface area contributed by atoms with Gasteiger partial charge in [-0.2, -0.15) is 0 Å². The van der Waals surface area contributed by atoms with Gasteiger partial charge in [0.1, 0.15) is 5.78 Å². The van der Waals surface area contributed by atoms with Gasteiger partial charge in [0.15, 0.2) is 0 Å². The van der Waals surface area contributed by atoms with Crippen molar-refractivity contribution in [1.82, 2.24) is 5.32 Å². The molecule has 0 aliphatic rings. The highest BCUT2D eigenvalue weighted by Crippen LogP contribution is 2.35. The lowest BCUT2D eigenvalue weighted by molar-refractivity contribution is -0.122. The first-order valence-electron chi connectivity index (χ1n) is 9.40. The molecule has 0 bridgehead atoms. The molecule has 0 aromatic carbocycles. The van der Waals surface area contributed by atoms with Crippen LogP contribution in [0.1, 0.15) is 100 Å². The third-order valence-corrected chi connectivity index (χ3v) is 4.07. The molecular formula is C20H41NO2. The van der Waals surface area contributed by atoms with Crippen molar-refractivity contribution in [2.45, 2.75) is 100 Å². The van der Waals surface area contributed by atoms with E-state index in [0.29, 0.717) is 37.6 Å². The van der Waals surface area contributed by atoms with Gasteiger partial charge in [-0.05, 0) is 30.1 Å². The van der Waals surface area contributed by atoms with E-state index in [1.807, 2.05) is 20.8 Å². The van der Waals surface area contributed by atoms with E-state index in [1.165, 1.54) is 0 Å². The summed E-state index contributed by atoms with van der Waals surface area (Å²) in [6, 6.07) is 0. The van der Waals surface area contributed by atoms with Crippen LogP contribution in [0.15, 0.2) is 0 Å². The van der Waals surface area contributed by atoms with Crippen molar-refractivity contribution in [2.24, 2.45) is 10.8 Å². The highest BCUT2D eigenvalue weighted by molar-refractivity contribution is 5.80. The van der Waals surface area contributed by atoms with Crippen LogP contribution in [0.2, 0.25) is 0 Å².